The van der Waals surface area contributed by atoms with Crippen molar-refractivity contribution in [3.05, 3.63) is 41.6 Å². The van der Waals surface area contributed by atoms with Gasteiger partial charge in [-0.05, 0) is 44.5 Å². The van der Waals surface area contributed by atoms with Crippen LogP contribution in [-0.4, -0.2) is 29.1 Å². The van der Waals surface area contributed by atoms with Crippen molar-refractivity contribution in [2.75, 3.05) is 23.8 Å². The van der Waals surface area contributed by atoms with E-state index in [1.165, 1.54) is 0 Å². The third-order valence-electron chi connectivity index (χ3n) is 3.34. The number of esters is 1. The minimum absolute atomic E-state index is 0.315. The van der Waals surface area contributed by atoms with E-state index in [2.05, 4.69) is 27.5 Å². The third kappa shape index (κ3) is 5.22. The maximum absolute atomic E-state index is 11.7. The standard InChI is InChI=1S/C18H24N4O2/c1-4-6-11-19-18-20-13(3)12-16(22-18)21-15-9-7-14(8-10-15)17(23)24-5-2/h7-10,12H,4-6,11H2,1-3H3,(H2,19,20,21,22). The van der Waals surface area contributed by atoms with Gasteiger partial charge in [-0.2, -0.15) is 4.98 Å². The van der Waals surface area contributed by atoms with Crippen LogP contribution in [0.2, 0.25) is 0 Å². The molecule has 0 fully saturated rings. The summed E-state index contributed by atoms with van der Waals surface area (Å²) in [6, 6.07) is 9.00. The second-order valence-corrected chi connectivity index (χ2v) is 5.42. The molecular weight excluding hydrogens is 304 g/mol. The highest BCUT2D eigenvalue weighted by Crippen LogP contribution is 2.18. The fraction of sp³-hybridized carbons (Fsp3) is 0.389. The third-order valence-corrected chi connectivity index (χ3v) is 3.34. The molecule has 0 radical (unpaired) electrons. The molecule has 2 rings (SSSR count). The first kappa shape index (κ1) is 17.7. The summed E-state index contributed by atoms with van der Waals surface area (Å²) in [6.07, 6.45) is 2.20. The second kappa shape index (κ2) is 8.86. The summed E-state index contributed by atoms with van der Waals surface area (Å²) < 4.78 is 4.98. The van der Waals surface area contributed by atoms with Crippen LogP contribution in [0.5, 0.6) is 0 Å². The van der Waals surface area contributed by atoms with Crippen molar-refractivity contribution in [1.29, 1.82) is 0 Å². The number of benzene rings is 1. The van der Waals surface area contributed by atoms with Gasteiger partial charge in [0.05, 0.1) is 12.2 Å². The minimum Gasteiger partial charge on any atom is -0.462 e. The van der Waals surface area contributed by atoms with Gasteiger partial charge in [0.1, 0.15) is 5.82 Å². The summed E-state index contributed by atoms with van der Waals surface area (Å²) in [7, 11) is 0. The molecule has 0 aliphatic carbocycles. The number of rotatable bonds is 8. The largest absolute Gasteiger partial charge is 0.462 e. The van der Waals surface area contributed by atoms with Crippen molar-refractivity contribution in [3.8, 4) is 0 Å². The average Bonchev–Trinajstić information content (AvgIpc) is 2.55. The van der Waals surface area contributed by atoms with Crippen LogP contribution in [0, 0.1) is 6.92 Å². The summed E-state index contributed by atoms with van der Waals surface area (Å²) in [6.45, 7) is 7.09. The lowest BCUT2D eigenvalue weighted by Crippen LogP contribution is -2.07. The molecule has 0 spiro atoms. The summed E-state index contributed by atoms with van der Waals surface area (Å²) >= 11 is 0. The SMILES string of the molecule is CCCCNc1nc(C)cc(Nc2ccc(C(=O)OCC)cc2)n1. The Morgan fingerprint density at radius 3 is 2.58 bits per heavy atom. The van der Waals surface area contributed by atoms with E-state index in [0.717, 1.165) is 30.8 Å². The lowest BCUT2D eigenvalue weighted by Gasteiger charge is -2.10. The van der Waals surface area contributed by atoms with E-state index >= 15 is 0 Å². The second-order valence-electron chi connectivity index (χ2n) is 5.42. The number of carbonyl (C=O) groups excluding carboxylic acids is 1. The zero-order chi connectivity index (χ0) is 17.4. The van der Waals surface area contributed by atoms with Gasteiger partial charge >= 0.3 is 5.97 Å². The summed E-state index contributed by atoms with van der Waals surface area (Å²) in [4.78, 5) is 20.5. The number of unbranched alkanes of at least 4 members (excludes halogenated alkanes) is 1. The molecule has 0 unspecified atom stereocenters. The number of nitrogens with zero attached hydrogens (tertiary/aromatic N) is 2. The molecule has 1 heterocycles. The highest BCUT2D eigenvalue weighted by atomic mass is 16.5. The molecule has 6 heteroatoms. The minimum atomic E-state index is -0.315. The van der Waals surface area contributed by atoms with Gasteiger partial charge in [0, 0.05) is 24.0 Å². The molecule has 0 aliphatic heterocycles. The molecule has 1 aromatic heterocycles. The van der Waals surface area contributed by atoms with Gasteiger partial charge in [0.15, 0.2) is 0 Å². The van der Waals surface area contributed by atoms with Gasteiger partial charge in [-0.25, -0.2) is 9.78 Å². The summed E-state index contributed by atoms with van der Waals surface area (Å²) in [5.74, 6) is 1.02. The van der Waals surface area contributed by atoms with Gasteiger partial charge in [0.25, 0.3) is 0 Å². The molecule has 2 aromatic rings. The fourth-order valence-electron chi connectivity index (χ4n) is 2.14. The Morgan fingerprint density at radius 1 is 1.17 bits per heavy atom. The Hall–Kier alpha value is -2.63. The zero-order valence-electron chi connectivity index (χ0n) is 14.4. The zero-order valence-corrected chi connectivity index (χ0v) is 14.4. The molecule has 6 nitrogen and oxygen atoms in total. The van der Waals surface area contributed by atoms with Crippen molar-refractivity contribution in [1.82, 2.24) is 9.97 Å². The Labute approximate surface area is 142 Å². The molecule has 0 aliphatic rings. The maximum atomic E-state index is 11.7. The number of hydrogen-bond donors (Lipinski definition) is 2. The fourth-order valence-corrected chi connectivity index (χ4v) is 2.14. The lowest BCUT2D eigenvalue weighted by atomic mass is 10.2. The van der Waals surface area contributed by atoms with E-state index in [4.69, 9.17) is 4.74 Å². The lowest BCUT2D eigenvalue weighted by molar-refractivity contribution is 0.0526. The topological polar surface area (TPSA) is 76.1 Å². The van der Waals surface area contributed by atoms with Gasteiger partial charge in [-0.3, -0.25) is 0 Å². The van der Waals surface area contributed by atoms with Gasteiger partial charge in [-0.15, -0.1) is 0 Å². The predicted octanol–water partition coefficient (Wildman–Crippen LogP) is 3.92. The Morgan fingerprint density at radius 2 is 1.92 bits per heavy atom. The quantitative estimate of drug-likeness (QED) is 0.565. The van der Waals surface area contributed by atoms with E-state index in [1.807, 2.05) is 25.1 Å². The average molecular weight is 328 g/mol. The smallest absolute Gasteiger partial charge is 0.338 e. The number of carbonyl (C=O) groups is 1. The van der Waals surface area contributed by atoms with Gasteiger partial charge < -0.3 is 15.4 Å². The number of anilines is 3. The highest BCUT2D eigenvalue weighted by molar-refractivity contribution is 5.89. The molecule has 0 bridgehead atoms. The van der Waals surface area contributed by atoms with Crippen molar-refractivity contribution in [2.45, 2.75) is 33.6 Å². The first-order valence-corrected chi connectivity index (χ1v) is 8.26. The molecule has 2 N–H and O–H groups in total. The number of hydrogen-bond acceptors (Lipinski definition) is 6. The van der Waals surface area contributed by atoms with Crippen LogP contribution < -0.4 is 10.6 Å². The van der Waals surface area contributed by atoms with Crippen LogP contribution >= 0.6 is 0 Å². The van der Waals surface area contributed by atoms with Crippen molar-refractivity contribution in [3.63, 3.8) is 0 Å². The summed E-state index contributed by atoms with van der Waals surface area (Å²) in [5.41, 5.74) is 2.26. The first-order chi connectivity index (χ1) is 11.6. The van der Waals surface area contributed by atoms with E-state index in [-0.39, 0.29) is 5.97 Å². The molecule has 128 valence electrons. The monoisotopic (exact) mass is 328 g/mol. The number of aryl methyl sites for hydroxylation is 1. The van der Waals surface area contributed by atoms with Gasteiger partial charge in [-0.1, -0.05) is 13.3 Å². The van der Waals surface area contributed by atoms with Gasteiger partial charge in [0.2, 0.25) is 5.95 Å². The van der Waals surface area contributed by atoms with Crippen LogP contribution in [0.15, 0.2) is 30.3 Å². The molecular formula is C18H24N4O2. The van der Waals surface area contributed by atoms with E-state index < -0.39 is 0 Å². The van der Waals surface area contributed by atoms with Crippen molar-refractivity contribution < 1.29 is 9.53 Å². The van der Waals surface area contributed by atoms with Crippen molar-refractivity contribution in [2.24, 2.45) is 0 Å². The molecule has 1 aromatic carbocycles. The predicted molar refractivity (Wildman–Crippen MR) is 95.8 cm³/mol. The highest BCUT2D eigenvalue weighted by Gasteiger charge is 2.07. The van der Waals surface area contributed by atoms with Crippen LogP contribution in [0.4, 0.5) is 17.5 Å². The number of aromatic nitrogens is 2. The summed E-state index contributed by atoms with van der Waals surface area (Å²) in [5, 5.41) is 6.46. The van der Waals surface area contributed by atoms with Crippen LogP contribution in [-0.2, 0) is 4.74 Å². The molecule has 24 heavy (non-hydrogen) atoms. The molecule has 0 saturated carbocycles. The Kier molecular flexibility index (Phi) is 6.54. The maximum Gasteiger partial charge on any atom is 0.338 e. The van der Waals surface area contributed by atoms with Crippen LogP contribution in [0.1, 0.15) is 42.7 Å². The molecule has 0 amide bonds. The molecule has 0 saturated heterocycles. The first-order valence-electron chi connectivity index (χ1n) is 8.26. The Bertz CT molecular complexity index is 671. The number of ether oxygens (including phenoxy) is 1. The van der Waals surface area contributed by atoms with E-state index in [1.54, 1.807) is 19.1 Å². The van der Waals surface area contributed by atoms with E-state index in [0.29, 0.717) is 23.9 Å². The van der Waals surface area contributed by atoms with Crippen molar-refractivity contribution >= 4 is 23.4 Å². The molecule has 0 atom stereocenters. The van der Waals surface area contributed by atoms with E-state index in [9.17, 15) is 4.79 Å². The number of nitrogens with one attached hydrogen (secondary N) is 2. The normalized spacial score (nSPS) is 10.3. The van der Waals surface area contributed by atoms with Crippen LogP contribution in [0.3, 0.4) is 0 Å². The van der Waals surface area contributed by atoms with Crippen LogP contribution in [0.25, 0.3) is 0 Å². The Balaban J connectivity index is 2.06.